The maximum atomic E-state index is 12.5. The first-order valence-corrected chi connectivity index (χ1v) is 9.05. The minimum absolute atomic E-state index is 0.0591. The number of fused-ring (bicyclic) bond motifs is 2. The Labute approximate surface area is 147 Å². The van der Waals surface area contributed by atoms with Crippen LogP contribution in [0.4, 0.5) is 5.69 Å². The van der Waals surface area contributed by atoms with Gasteiger partial charge in [0.15, 0.2) is 0 Å². The first-order valence-electron chi connectivity index (χ1n) is 9.05. The van der Waals surface area contributed by atoms with Crippen molar-refractivity contribution in [1.29, 1.82) is 0 Å². The molecule has 0 bridgehead atoms. The van der Waals surface area contributed by atoms with Crippen LogP contribution in [0.1, 0.15) is 32.1 Å². The van der Waals surface area contributed by atoms with E-state index in [-0.39, 0.29) is 24.3 Å². The quantitative estimate of drug-likeness (QED) is 0.806. The van der Waals surface area contributed by atoms with Crippen LogP contribution in [0.5, 0.6) is 0 Å². The van der Waals surface area contributed by atoms with Gasteiger partial charge in [-0.25, -0.2) is 0 Å². The van der Waals surface area contributed by atoms with Crippen molar-refractivity contribution in [1.82, 2.24) is 10.6 Å². The lowest BCUT2D eigenvalue weighted by Gasteiger charge is -2.40. The van der Waals surface area contributed by atoms with Gasteiger partial charge in [0.05, 0.1) is 12.5 Å². The highest BCUT2D eigenvalue weighted by atomic mass is 16.2. The third-order valence-corrected chi connectivity index (χ3v) is 5.28. The molecule has 25 heavy (non-hydrogen) atoms. The average molecular weight is 337 g/mol. The molecule has 3 atom stereocenters. The molecule has 4 rings (SSSR count). The van der Waals surface area contributed by atoms with Crippen molar-refractivity contribution >= 4 is 28.3 Å². The van der Waals surface area contributed by atoms with Crippen molar-refractivity contribution in [3.63, 3.8) is 0 Å². The fraction of sp³-hybridized carbons (Fsp3) is 0.400. The van der Waals surface area contributed by atoms with Gasteiger partial charge < -0.3 is 16.0 Å². The molecule has 2 amide bonds. The molecule has 1 aliphatic carbocycles. The van der Waals surface area contributed by atoms with Crippen molar-refractivity contribution in [2.75, 3.05) is 5.32 Å². The minimum Gasteiger partial charge on any atom is -0.350 e. The molecule has 2 aromatic carbocycles. The van der Waals surface area contributed by atoms with Gasteiger partial charge >= 0.3 is 0 Å². The molecule has 130 valence electrons. The normalized spacial score (nSPS) is 25.9. The van der Waals surface area contributed by atoms with E-state index < -0.39 is 6.04 Å². The van der Waals surface area contributed by atoms with Crippen molar-refractivity contribution in [3.05, 3.63) is 42.5 Å². The Hall–Kier alpha value is -2.40. The molecule has 1 saturated heterocycles. The summed E-state index contributed by atoms with van der Waals surface area (Å²) in [6.07, 6.45) is 4.58. The molecule has 2 aromatic rings. The van der Waals surface area contributed by atoms with Gasteiger partial charge in [0, 0.05) is 23.2 Å². The number of amides is 2. The fourth-order valence-electron chi connectivity index (χ4n) is 3.99. The van der Waals surface area contributed by atoms with Crippen LogP contribution in [0, 0.1) is 0 Å². The Morgan fingerprint density at radius 2 is 1.80 bits per heavy atom. The van der Waals surface area contributed by atoms with E-state index in [0.29, 0.717) is 6.04 Å². The van der Waals surface area contributed by atoms with Crippen LogP contribution in [0.15, 0.2) is 42.5 Å². The third kappa shape index (κ3) is 3.37. The van der Waals surface area contributed by atoms with Crippen LogP contribution >= 0.6 is 0 Å². The predicted octanol–water partition coefficient (Wildman–Crippen LogP) is 2.57. The zero-order valence-corrected chi connectivity index (χ0v) is 14.1. The zero-order chi connectivity index (χ0) is 17.2. The number of carbonyl (C=O) groups excluding carboxylic acids is 2. The van der Waals surface area contributed by atoms with E-state index in [1.165, 1.54) is 6.42 Å². The molecular formula is C20H23N3O2. The van der Waals surface area contributed by atoms with E-state index in [4.69, 9.17) is 0 Å². The molecule has 0 unspecified atom stereocenters. The Balaban J connectivity index is 1.44. The number of rotatable bonds is 3. The maximum Gasteiger partial charge on any atom is 0.237 e. The number of hydrogen-bond acceptors (Lipinski definition) is 3. The van der Waals surface area contributed by atoms with Gasteiger partial charge in [-0.15, -0.1) is 0 Å². The second kappa shape index (κ2) is 6.84. The highest BCUT2D eigenvalue weighted by Crippen LogP contribution is 2.24. The summed E-state index contributed by atoms with van der Waals surface area (Å²) in [4.78, 5) is 24.8. The number of hydrogen-bond donors (Lipinski definition) is 3. The highest BCUT2D eigenvalue weighted by Gasteiger charge is 2.36. The molecule has 5 heteroatoms. The number of anilines is 1. The number of carbonyl (C=O) groups is 2. The van der Waals surface area contributed by atoms with Gasteiger partial charge in [0.1, 0.15) is 0 Å². The van der Waals surface area contributed by atoms with Crippen molar-refractivity contribution in [2.45, 2.75) is 50.2 Å². The summed E-state index contributed by atoms with van der Waals surface area (Å²) in [6, 6.07) is 13.8. The molecule has 0 aromatic heterocycles. The first kappa shape index (κ1) is 16.1. The first-order chi connectivity index (χ1) is 12.2. The molecule has 0 spiro atoms. The SMILES string of the molecule is O=C(C[C@H]1N[C@H]2CCCC[C@@H]2NC1=O)Nc1cccc2ccccc12. The number of piperazine rings is 1. The number of benzene rings is 2. The smallest absolute Gasteiger partial charge is 0.237 e. The van der Waals surface area contributed by atoms with Gasteiger partial charge in [0.25, 0.3) is 0 Å². The molecule has 1 heterocycles. The van der Waals surface area contributed by atoms with Crippen LogP contribution in [-0.4, -0.2) is 29.9 Å². The second-order valence-electron chi connectivity index (χ2n) is 7.00. The van der Waals surface area contributed by atoms with Crippen LogP contribution in [0.3, 0.4) is 0 Å². The molecule has 3 N–H and O–H groups in total. The summed E-state index contributed by atoms with van der Waals surface area (Å²) < 4.78 is 0. The average Bonchev–Trinajstić information content (AvgIpc) is 2.63. The van der Waals surface area contributed by atoms with Gasteiger partial charge in [0.2, 0.25) is 11.8 Å². The largest absolute Gasteiger partial charge is 0.350 e. The molecule has 5 nitrogen and oxygen atoms in total. The van der Waals surface area contributed by atoms with Gasteiger partial charge in [-0.2, -0.15) is 0 Å². The Morgan fingerprint density at radius 3 is 2.68 bits per heavy atom. The molecule has 1 aliphatic heterocycles. The maximum absolute atomic E-state index is 12.5. The van der Waals surface area contributed by atoms with Gasteiger partial charge in [-0.05, 0) is 24.3 Å². The van der Waals surface area contributed by atoms with Crippen LogP contribution in [-0.2, 0) is 9.59 Å². The van der Waals surface area contributed by atoms with Gasteiger partial charge in [-0.3, -0.25) is 9.59 Å². The second-order valence-corrected chi connectivity index (χ2v) is 7.00. The fourth-order valence-corrected chi connectivity index (χ4v) is 3.99. The molecular weight excluding hydrogens is 314 g/mol. The van der Waals surface area contributed by atoms with Gasteiger partial charge in [-0.1, -0.05) is 49.2 Å². The Bertz CT molecular complexity index is 799. The predicted molar refractivity (Wildman–Crippen MR) is 98.3 cm³/mol. The topological polar surface area (TPSA) is 70.2 Å². The summed E-state index contributed by atoms with van der Waals surface area (Å²) in [5, 5.41) is 11.5. The van der Waals surface area contributed by atoms with Crippen molar-refractivity contribution in [2.24, 2.45) is 0 Å². The lowest BCUT2D eigenvalue weighted by atomic mass is 9.87. The highest BCUT2D eigenvalue weighted by molar-refractivity contribution is 6.03. The lowest BCUT2D eigenvalue weighted by molar-refractivity contribution is -0.129. The Kier molecular flexibility index (Phi) is 4.40. The van der Waals surface area contributed by atoms with Crippen LogP contribution < -0.4 is 16.0 Å². The summed E-state index contributed by atoms with van der Waals surface area (Å²) in [5.74, 6) is -0.200. The Morgan fingerprint density at radius 1 is 1.04 bits per heavy atom. The van der Waals surface area contributed by atoms with Crippen LogP contribution in [0.25, 0.3) is 10.8 Å². The van der Waals surface area contributed by atoms with E-state index in [1.54, 1.807) is 0 Å². The monoisotopic (exact) mass is 337 g/mol. The summed E-state index contributed by atoms with van der Waals surface area (Å²) >= 11 is 0. The van der Waals surface area contributed by atoms with E-state index >= 15 is 0 Å². The van der Waals surface area contributed by atoms with E-state index in [9.17, 15) is 9.59 Å². The van der Waals surface area contributed by atoms with Crippen molar-refractivity contribution < 1.29 is 9.59 Å². The van der Waals surface area contributed by atoms with E-state index in [0.717, 1.165) is 35.7 Å². The summed E-state index contributed by atoms with van der Waals surface area (Å²) in [6.45, 7) is 0. The minimum atomic E-state index is -0.450. The van der Waals surface area contributed by atoms with Crippen molar-refractivity contribution in [3.8, 4) is 0 Å². The number of nitrogens with one attached hydrogen (secondary N) is 3. The standard InChI is InChI=1S/C20H23N3O2/c24-19(22-15-11-5-7-13-6-1-2-8-14(13)15)12-18-20(25)23-17-10-4-3-9-16(17)21-18/h1-2,5-8,11,16-18,21H,3-4,9-10,12H2,(H,22,24)(H,23,25)/t16-,17-,18+/m0/s1. The van der Waals surface area contributed by atoms with E-state index in [1.807, 2.05) is 42.5 Å². The molecule has 0 radical (unpaired) electrons. The molecule has 2 aliphatic rings. The van der Waals surface area contributed by atoms with E-state index in [2.05, 4.69) is 16.0 Å². The lowest BCUT2D eigenvalue weighted by Crippen LogP contribution is -2.65. The zero-order valence-electron chi connectivity index (χ0n) is 14.1. The summed E-state index contributed by atoms with van der Waals surface area (Å²) in [5.41, 5.74) is 0.787. The molecule has 1 saturated carbocycles. The third-order valence-electron chi connectivity index (χ3n) is 5.28. The van der Waals surface area contributed by atoms with Crippen LogP contribution in [0.2, 0.25) is 0 Å². The summed E-state index contributed by atoms with van der Waals surface area (Å²) in [7, 11) is 0. The molecule has 2 fully saturated rings.